The maximum Gasteiger partial charge on any atom is 0.240 e. The first-order chi connectivity index (χ1) is 11.5. The molecule has 1 aliphatic rings. The molecule has 1 N–H and O–H groups in total. The minimum Gasteiger partial charge on any atom is -0.385 e. The van der Waals surface area contributed by atoms with Gasteiger partial charge in [0.1, 0.15) is 11.9 Å². The molecule has 3 rings (SSSR count). The minimum absolute atomic E-state index is 0.179. The molecule has 24 heavy (non-hydrogen) atoms. The Morgan fingerprint density at radius 2 is 2.25 bits per heavy atom. The number of rotatable bonds is 6. The molecule has 3 heterocycles. The Morgan fingerprint density at radius 3 is 2.96 bits per heavy atom. The van der Waals surface area contributed by atoms with Crippen molar-refractivity contribution in [1.82, 2.24) is 24.6 Å². The molecule has 0 saturated carbocycles. The highest BCUT2D eigenvalue weighted by Crippen LogP contribution is 2.29. The number of aliphatic hydroxyl groups is 1. The van der Waals surface area contributed by atoms with E-state index in [1.165, 1.54) is 0 Å². The lowest BCUT2D eigenvalue weighted by molar-refractivity contribution is 0.0372. The summed E-state index contributed by atoms with van der Waals surface area (Å²) in [6.07, 6.45) is 5.96. The van der Waals surface area contributed by atoms with E-state index in [2.05, 4.69) is 33.9 Å². The van der Waals surface area contributed by atoms with Gasteiger partial charge in [-0.25, -0.2) is 4.98 Å². The van der Waals surface area contributed by atoms with Gasteiger partial charge in [0.15, 0.2) is 5.82 Å². The van der Waals surface area contributed by atoms with E-state index in [9.17, 15) is 5.11 Å². The third kappa shape index (κ3) is 4.02. The number of hydrogen-bond acceptors (Lipinski definition) is 6. The highest BCUT2D eigenvalue weighted by Gasteiger charge is 2.29. The summed E-state index contributed by atoms with van der Waals surface area (Å²) in [7, 11) is 1.92. The summed E-state index contributed by atoms with van der Waals surface area (Å²) in [4.78, 5) is 11.0. The molecule has 0 amide bonds. The number of aliphatic hydroxyl groups excluding tert-OH is 1. The molecule has 1 fully saturated rings. The number of likely N-dealkylation sites (tertiary alicyclic amines) is 1. The molecule has 7 heteroatoms. The Bertz CT molecular complexity index is 651. The van der Waals surface area contributed by atoms with Crippen molar-refractivity contribution < 1.29 is 9.63 Å². The second-order valence-corrected chi connectivity index (χ2v) is 7.18. The number of imidazole rings is 1. The molecule has 2 aromatic heterocycles. The first kappa shape index (κ1) is 17.1. The predicted octanol–water partition coefficient (Wildman–Crippen LogP) is 1.95. The first-order valence-electron chi connectivity index (χ1n) is 8.72. The Balaban J connectivity index is 1.59. The van der Waals surface area contributed by atoms with E-state index >= 15 is 0 Å². The first-order valence-corrected chi connectivity index (χ1v) is 8.72. The Kier molecular flexibility index (Phi) is 5.30. The second kappa shape index (κ2) is 7.44. The summed E-state index contributed by atoms with van der Waals surface area (Å²) in [5.41, 5.74) is 0. The van der Waals surface area contributed by atoms with Crippen LogP contribution in [-0.4, -0.2) is 42.8 Å². The summed E-state index contributed by atoms with van der Waals surface area (Å²) in [6.45, 7) is 6.74. The van der Waals surface area contributed by atoms with Crippen molar-refractivity contribution in [3.8, 4) is 0 Å². The summed E-state index contributed by atoms with van der Waals surface area (Å²) in [5, 5.41) is 14.7. The quantitative estimate of drug-likeness (QED) is 0.870. The van der Waals surface area contributed by atoms with E-state index in [1.54, 1.807) is 6.20 Å². The predicted molar refractivity (Wildman–Crippen MR) is 89.0 cm³/mol. The van der Waals surface area contributed by atoms with Crippen LogP contribution in [-0.2, 0) is 20.0 Å². The smallest absolute Gasteiger partial charge is 0.240 e. The molecule has 0 aliphatic carbocycles. The largest absolute Gasteiger partial charge is 0.385 e. The molecular formula is C17H27N5O2. The summed E-state index contributed by atoms with van der Waals surface area (Å²) < 4.78 is 7.26. The monoisotopic (exact) mass is 333 g/mol. The lowest BCUT2D eigenvalue weighted by Gasteiger charge is -2.34. The standard InChI is InChI=1S/C17H27N5O2/c1-12(2)9-14-19-15(24-20-14)11-22-7-4-5-13(10-22)16(23)17-18-6-8-21(17)3/h6,8,12-13,16,23H,4-5,7,9-11H2,1-3H3. The van der Waals surface area contributed by atoms with Crippen molar-refractivity contribution in [2.75, 3.05) is 13.1 Å². The SMILES string of the molecule is CC(C)Cc1noc(CN2CCCC(C(O)c3nccn3C)C2)n1. The van der Waals surface area contributed by atoms with Gasteiger partial charge < -0.3 is 14.2 Å². The molecule has 7 nitrogen and oxygen atoms in total. The molecule has 2 aromatic rings. The molecule has 132 valence electrons. The van der Waals surface area contributed by atoms with Gasteiger partial charge in [-0.1, -0.05) is 19.0 Å². The fraction of sp³-hybridized carbons (Fsp3) is 0.706. The van der Waals surface area contributed by atoms with Gasteiger partial charge in [0.25, 0.3) is 0 Å². The fourth-order valence-corrected chi connectivity index (χ4v) is 3.36. The molecule has 0 spiro atoms. The lowest BCUT2D eigenvalue weighted by atomic mass is 9.92. The van der Waals surface area contributed by atoms with Crippen LogP contribution in [0.25, 0.3) is 0 Å². The number of aromatic nitrogens is 4. The zero-order chi connectivity index (χ0) is 17.1. The molecule has 0 radical (unpaired) electrons. The third-order valence-corrected chi connectivity index (χ3v) is 4.57. The maximum atomic E-state index is 10.6. The molecule has 1 aliphatic heterocycles. The zero-order valence-corrected chi connectivity index (χ0v) is 14.7. The molecule has 1 saturated heterocycles. The van der Waals surface area contributed by atoms with E-state index < -0.39 is 6.10 Å². The van der Waals surface area contributed by atoms with Crippen molar-refractivity contribution in [3.05, 3.63) is 29.9 Å². The van der Waals surface area contributed by atoms with Crippen LogP contribution >= 0.6 is 0 Å². The van der Waals surface area contributed by atoms with Gasteiger partial charge in [0.05, 0.1) is 6.54 Å². The number of piperidine rings is 1. The van der Waals surface area contributed by atoms with E-state index in [-0.39, 0.29) is 5.92 Å². The van der Waals surface area contributed by atoms with E-state index in [4.69, 9.17) is 4.52 Å². The second-order valence-electron chi connectivity index (χ2n) is 7.18. The molecule has 0 aromatic carbocycles. The fourth-order valence-electron chi connectivity index (χ4n) is 3.36. The minimum atomic E-state index is -0.535. The summed E-state index contributed by atoms with van der Waals surface area (Å²) in [6, 6.07) is 0. The zero-order valence-electron chi connectivity index (χ0n) is 14.7. The van der Waals surface area contributed by atoms with Crippen molar-refractivity contribution >= 4 is 0 Å². The van der Waals surface area contributed by atoms with Gasteiger partial charge in [-0.05, 0) is 25.3 Å². The van der Waals surface area contributed by atoms with Gasteiger partial charge in [0, 0.05) is 38.3 Å². The normalized spacial score (nSPS) is 20.6. The van der Waals surface area contributed by atoms with Gasteiger partial charge in [-0.2, -0.15) is 4.98 Å². The van der Waals surface area contributed by atoms with Crippen LogP contribution in [0.5, 0.6) is 0 Å². The van der Waals surface area contributed by atoms with E-state index in [1.807, 2.05) is 17.8 Å². The van der Waals surface area contributed by atoms with Gasteiger partial charge in [-0.3, -0.25) is 4.90 Å². The number of nitrogens with zero attached hydrogens (tertiary/aromatic N) is 5. The van der Waals surface area contributed by atoms with Crippen LogP contribution in [0, 0.1) is 11.8 Å². The van der Waals surface area contributed by atoms with Gasteiger partial charge >= 0.3 is 0 Å². The topological polar surface area (TPSA) is 80.2 Å². The average Bonchev–Trinajstić information content (AvgIpc) is 3.15. The Morgan fingerprint density at radius 1 is 1.42 bits per heavy atom. The number of hydrogen-bond donors (Lipinski definition) is 1. The van der Waals surface area contributed by atoms with Crippen molar-refractivity contribution in [3.63, 3.8) is 0 Å². The van der Waals surface area contributed by atoms with Crippen LogP contribution in [0.3, 0.4) is 0 Å². The summed E-state index contributed by atoms with van der Waals surface area (Å²) >= 11 is 0. The maximum absolute atomic E-state index is 10.6. The lowest BCUT2D eigenvalue weighted by Crippen LogP contribution is -2.38. The highest BCUT2D eigenvalue weighted by atomic mass is 16.5. The van der Waals surface area contributed by atoms with Crippen LogP contribution in [0.2, 0.25) is 0 Å². The molecule has 2 unspecified atom stereocenters. The Labute approximate surface area is 142 Å². The third-order valence-electron chi connectivity index (χ3n) is 4.57. The van der Waals surface area contributed by atoms with Crippen molar-refractivity contribution in [2.45, 2.75) is 45.8 Å². The van der Waals surface area contributed by atoms with E-state index in [0.29, 0.717) is 18.4 Å². The van der Waals surface area contributed by atoms with Crippen molar-refractivity contribution in [2.24, 2.45) is 18.9 Å². The number of aryl methyl sites for hydroxylation is 1. The van der Waals surface area contributed by atoms with Crippen LogP contribution in [0.1, 0.15) is 50.3 Å². The summed E-state index contributed by atoms with van der Waals surface area (Å²) in [5.74, 6) is 2.87. The van der Waals surface area contributed by atoms with Crippen LogP contribution in [0.15, 0.2) is 16.9 Å². The van der Waals surface area contributed by atoms with Gasteiger partial charge in [0.2, 0.25) is 5.89 Å². The van der Waals surface area contributed by atoms with Gasteiger partial charge in [-0.15, -0.1) is 0 Å². The van der Waals surface area contributed by atoms with Crippen molar-refractivity contribution in [1.29, 1.82) is 0 Å². The Hall–Kier alpha value is -1.73. The van der Waals surface area contributed by atoms with E-state index in [0.717, 1.165) is 44.0 Å². The molecule has 0 bridgehead atoms. The molecule has 2 atom stereocenters. The highest BCUT2D eigenvalue weighted by molar-refractivity contribution is 4.99. The molecular weight excluding hydrogens is 306 g/mol. The van der Waals surface area contributed by atoms with Crippen LogP contribution in [0.4, 0.5) is 0 Å². The average molecular weight is 333 g/mol. The van der Waals surface area contributed by atoms with Crippen LogP contribution < -0.4 is 0 Å².